The molecule has 154 valence electrons. The zero-order chi connectivity index (χ0) is 20.3. The molecule has 1 aliphatic heterocycles. The summed E-state index contributed by atoms with van der Waals surface area (Å²) < 4.78 is 0. The lowest BCUT2D eigenvalue weighted by atomic mass is 9.92. The first-order valence-corrected chi connectivity index (χ1v) is 11.5. The molecule has 4 nitrogen and oxygen atoms in total. The van der Waals surface area contributed by atoms with Crippen molar-refractivity contribution in [3.8, 4) is 0 Å². The zero-order valence-corrected chi connectivity index (χ0v) is 19.0. The largest absolute Gasteiger partial charge is 0.355 e. The molecule has 1 N–H and O–H groups in total. The van der Waals surface area contributed by atoms with E-state index in [1.807, 2.05) is 12.5 Å². The molecular weight excluding hydrogens is 354 g/mol. The molecule has 0 spiro atoms. The molecule has 0 radical (unpaired) electrons. The van der Waals surface area contributed by atoms with Gasteiger partial charge in [-0.2, -0.15) is 11.8 Å². The molecule has 2 rings (SSSR count). The van der Waals surface area contributed by atoms with Crippen molar-refractivity contribution in [3.63, 3.8) is 0 Å². The van der Waals surface area contributed by atoms with Gasteiger partial charge in [0.15, 0.2) is 0 Å². The zero-order valence-electron chi connectivity index (χ0n) is 18.2. The van der Waals surface area contributed by atoms with Crippen LogP contribution in [-0.2, 0) is 11.3 Å². The lowest BCUT2D eigenvalue weighted by Crippen LogP contribution is -2.49. The second-order valence-electron chi connectivity index (χ2n) is 8.61. The summed E-state index contributed by atoms with van der Waals surface area (Å²) in [7, 11) is 0. The van der Waals surface area contributed by atoms with Crippen molar-refractivity contribution in [3.05, 3.63) is 35.4 Å². The first kappa shape index (κ1) is 24.0. The second-order valence-corrected chi connectivity index (χ2v) is 9.42. The van der Waals surface area contributed by atoms with E-state index < -0.39 is 0 Å². The molecule has 27 heavy (non-hydrogen) atoms. The smallest absolute Gasteiger partial charge is 0.234 e. The maximum Gasteiger partial charge on any atom is 0.234 e. The van der Waals surface area contributed by atoms with E-state index in [1.165, 1.54) is 11.1 Å². The number of rotatable bonds is 6. The SMILES string of the molecule is CSC.Cc1ccc(CN2CCN(CC(=O)NCCC(C)(C)C)CC2)cc1. The summed E-state index contributed by atoms with van der Waals surface area (Å²) in [6, 6.07) is 8.77. The van der Waals surface area contributed by atoms with E-state index in [1.54, 1.807) is 11.8 Å². The number of hydrogen-bond acceptors (Lipinski definition) is 4. The van der Waals surface area contributed by atoms with Gasteiger partial charge >= 0.3 is 0 Å². The van der Waals surface area contributed by atoms with Crippen LogP contribution in [-0.4, -0.2) is 67.5 Å². The van der Waals surface area contributed by atoms with E-state index >= 15 is 0 Å². The highest BCUT2D eigenvalue weighted by Crippen LogP contribution is 2.16. The predicted molar refractivity (Wildman–Crippen MR) is 119 cm³/mol. The highest BCUT2D eigenvalue weighted by molar-refractivity contribution is 7.97. The third kappa shape index (κ3) is 11.4. The molecule has 0 aliphatic carbocycles. The first-order valence-electron chi connectivity index (χ1n) is 9.90. The van der Waals surface area contributed by atoms with Crippen LogP contribution in [0.4, 0.5) is 0 Å². The van der Waals surface area contributed by atoms with E-state index in [9.17, 15) is 4.79 Å². The molecule has 1 amide bonds. The van der Waals surface area contributed by atoms with Gasteiger partial charge < -0.3 is 5.32 Å². The van der Waals surface area contributed by atoms with Gasteiger partial charge in [-0.3, -0.25) is 14.6 Å². The Bertz CT molecular complexity index is 531. The third-order valence-corrected chi connectivity index (χ3v) is 4.56. The Hall–Kier alpha value is -1.04. The molecule has 1 aromatic rings. The monoisotopic (exact) mass is 393 g/mol. The van der Waals surface area contributed by atoms with Crippen LogP contribution in [0.1, 0.15) is 38.3 Å². The van der Waals surface area contributed by atoms with E-state index in [0.717, 1.165) is 45.7 Å². The topological polar surface area (TPSA) is 35.6 Å². The number of amides is 1. The lowest BCUT2D eigenvalue weighted by molar-refractivity contribution is -0.122. The van der Waals surface area contributed by atoms with Crippen molar-refractivity contribution in [2.45, 2.75) is 40.7 Å². The Morgan fingerprint density at radius 2 is 1.56 bits per heavy atom. The standard InChI is InChI=1S/C20H33N3O.C2H6S/c1-17-5-7-18(8-6-17)15-22-11-13-23(14-12-22)16-19(24)21-10-9-20(2,3)4;1-3-2/h5-8H,9-16H2,1-4H3,(H,21,24);1-2H3. The van der Waals surface area contributed by atoms with Gasteiger partial charge in [0, 0.05) is 39.3 Å². The Balaban J connectivity index is 0.00000114. The van der Waals surface area contributed by atoms with Crippen molar-refractivity contribution in [1.82, 2.24) is 15.1 Å². The summed E-state index contributed by atoms with van der Waals surface area (Å²) in [5.74, 6) is 0.159. The Morgan fingerprint density at radius 3 is 2.07 bits per heavy atom. The molecular formula is C22H39N3OS. The molecule has 1 saturated heterocycles. The fourth-order valence-electron chi connectivity index (χ4n) is 2.89. The number of aryl methyl sites for hydroxylation is 1. The van der Waals surface area contributed by atoms with Crippen molar-refractivity contribution in [2.24, 2.45) is 5.41 Å². The highest BCUT2D eigenvalue weighted by atomic mass is 32.2. The Kier molecular flexibility index (Phi) is 11.0. The number of thioether (sulfide) groups is 1. The number of carbonyl (C=O) groups is 1. The average molecular weight is 394 g/mol. The van der Waals surface area contributed by atoms with Gasteiger partial charge in [0.2, 0.25) is 5.91 Å². The summed E-state index contributed by atoms with van der Waals surface area (Å²) >= 11 is 1.75. The van der Waals surface area contributed by atoms with Gasteiger partial charge in [0.25, 0.3) is 0 Å². The molecule has 1 aromatic carbocycles. The third-order valence-electron chi connectivity index (χ3n) is 4.56. The van der Waals surface area contributed by atoms with Gasteiger partial charge in [0.05, 0.1) is 6.54 Å². The number of nitrogens with zero attached hydrogens (tertiary/aromatic N) is 2. The number of benzene rings is 1. The summed E-state index contributed by atoms with van der Waals surface area (Å²) in [6.07, 6.45) is 5.10. The minimum Gasteiger partial charge on any atom is -0.355 e. The van der Waals surface area contributed by atoms with Crippen LogP contribution >= 0.6 is 11.8 Å². The normalized spacial score (nSPS) is 15.8. The maximum atomic E-state index is 12.0. The number of carbonyl (C=O) groups excluding carboxylic acids is 1. The van der Waals surface area contributed by atoms with Gasteiger partial charge in [-0.15, -0.1) is 0 Å². The van der Waals surface area contributed by atoms with Crippen molar-refractivity contribution in [2.75, 3.05) is 51.8 Å². The maximum absolute atomic E-state index is 12.0. The molecule has 5 heteroatoms. The van der Waals surface area contributed by atoms with Crippen LogP contribution in [0, 0.1) is 12.3 Å². The summed E-state index contributed by atoms with van der Waals surface area (Å²) in [6.45, 7) is 15.0. The van der Waals surface area contributed by atoms with Crippen LogP contribution in [0.2, 0.25) is 0 Å². The van der Waals surface area contributed by atoms with Crippen LogP contribution in [0.5, 0.6) is 0 Å². The van der Waals surface area contributed by atoms with Crippen molar-refractivity contribution < 1.29 is 4.79 Å². The van der Waals surface area contributed by atoms with E-state index in [0.29, 0.717) is 6.54 Å². The Morgan fingerprint density at radius 1 is 1.04 bits per heavy atom. The second kappa shape index (κ2) is 12.4. The number of nitrogens with one attached hydrogen (secondary N) is 1. The highest BCUT2D eigenvalue weighted by Gasteiger charge is 2.19. The van der Waals surface area contributed by atoms with E-state index in [-0.39, 0.29) is 11.3 Å². The molecule has 0 atom stereocenters. The quantitative estimate of drug-likeness (QED) is 0.800. The summed E-state index contributed by atoms with van der Waals surface area (Å²) in [5.41, 5.74) is 2.95. The van der Waals surface area contributed by atoms with Gasteiger partial charge in [-0.1, -0.05) is 50.6 Å². The van der Waals surface area contributed by atoms with E-state index in [2.05, 4.69) is 67.1 Å². The first-order chi connectivity index (χ1) is 12.7. The summed E-state index contributed by atoms with van der Waals surface area (Å²) in [5, 5.41) is 3.05. The molecule has 1 heterocycles. The molecule has 0 bridgehead atoms. The van der Waals surface area contributed by atoms with Crippen LogP contribution < -0.4 is 5.32 Å². The van der Waals surface area contributed by atoms with Crippen molar-refractivity contribution >= 4 is 17.7 Å². The van der Waals surface area contributed by atoms with Crippen LogP contribution in [0.25, 0.3) is 0 Å². The van der Waals surface area contributed by atoms with Gasteiger partial charge in [-0.05, 0) is 36.8 Å². The van der Waals surface area contributed by atoms with Crippen LogP contribution in [0.15, 0.2) is 24.3 Å². The van der Waals surface area contributed by atoms with Gasteiger partial charge in [0.1, 0.15) is 0 Å². The molecule has 0 aromatic heterocycles. The van der Waals surface area contributed by atoms with Crippen LogP contribution in [0.3, 0.4) is 0 Å². The minimum atomic E-state index is 0.159. The fraction of sp³-hybridized carbons (Fsp3) is 0.682. The van der Waals surface area contributed by atoms with Gasteiger partial charge in [-0.25, -0.2) is 0 Å². The molecule has 0 unspecified atom stereocenters. The molecule has 1 fully saturated rings. The number of piperazine rings is 1. The fourth-order valence-corrected chi connectivity index (χ4v) is 2.89. The number of hydrogen-bond donors (Lipinski definition) is 1. The molecule has 1 aliphatic rings. The Labute approximate surface area is 171 Å². The average Bonchev–Trinajstić information content (AvgIpc) is 2.58. The lowest BCUT2D eigenvalue weighted by Gasteiger charge is -2.34. The summed E-state index contributed by atoms with van der Waals surface area (Å²) in [4.78, 5) is 16.8. The van der Waals surface area contributed by atoms with Crippen molar-refractivity contribution in [1.29, 1.82) is 0 Å². The predicted octanol–water partition coefficient (Wildman–Crippen LogP) is 3.64. The van der Waals surface area contributed by atoms with E-state index in [4.69, 9.17) is 0 Å². The molecule has 0 saturated carbocycles. The minimum absolute atomic E-state index is 0.159.